The normalized spacial score (nSPS) is 13.3. The third kappa shape index (κ3) is 4.98. The smallest absolute Gasteiger partial charge is 0.339 e. The van der Waals surface area contributed by atoms with E-state index in [1.54, 1.807) is 19.9 Å². The summed E-state index contributed by atoms with van der Waals surface area (Å²) < 4.78 is 9.93. The monoisotopic (exact) mass is 380 g/mol. The van der Waals surface area contributed by atoms with Gasteiger partial charge in [-0.2, -0.15) is 0 Å². The van der Waals surface area contributed by atoms with E-state index in [0.29, 0.717) is 29.8 Å². The van der Waals surface area contributed by atoms with Crippen molar-refractivity contribution in [3.05, 3.63) is 40.1 Å². The summed E-state index contributed by atoms with van der Waals surface area (Å²) in [6, 6.07) is 4.00. The first-order chi connectivity index (χ1) is 12.5. The molecule has 140 valence electrons. The molecule has 2 amide bonds. The summed E-state index contributed by atoms with van der Waals surface area (Å²) in [4.78, 5) is 36.0. The van der Waals surface area contributed by atoms with Gasteiger partial charge in [0.1, 0.15) is 0 Å². The minimum Gasteiger partial charge on any atom is -0.463 e. The van der Waals surface area contributed by atoms with Crippen LogP contribution in [-0.2, 0) is 14.3 Å². The number of rotatable bonds is 6. The van der Waals surface area contributed by atoms with Gasteiger partial charge < -0.3 is 20.1 Å². The highest BCUT2D eigenvalue weighted by atomic mass is 35.5. The van der Waals surface area contributed by atoms with Crippen LogP contribution in [0.5, 0.6) is 0 Å². The van der Waals surface area contributed by atoms with Gasteiger partial charge in [-0.15, -0.1) is 0 Å². The molecule has 7 nitrogen and oxygen atoms in total. The van der Waals surface area contributed by atoms with Crippen molar-refractivity contribution < 1.29 is 23.9 Å². The molecule has 0 saturated heterocycles. The Morgan fingerprint density at radius 1 is 1.04 bits per heavy atom. The van der Waals surface area contributed by atoms with Crippen molar-refractivity contribution in [1.29, 1.82) is 0 Å². The Hall–Kier alpha value is -2.54. The number of esters is 2. The summed E-state index contributed by atoms with van der Waals surface area (Å²) in [6.07, 6.45) is 1.94. The van der Waals surface area contributed by atoms with Gasteiger partial charge in [-0.05, 0) is 51.3 Å². The van der Waals surface area contributed by atoms with E-state index in [1.807, 2.05) is 0 Å². The zero-order chi connectivity index (χ0) is 19.1. The number of carbonyl (C=O) groups is 3. The van der Waals surface area contributed by atoms with Crippen LogP contribution in [0.2, 0.25) is 5.02 Å². The van der Waals surface area contributed by atoms with Crippen LogP contribution in [0.25, 0.3) is 0 Å². The number of ether oxygens (including phenoxy) is 2. The van der Waals surface area contributed by atoms with E-state index in [9.17, 15) is 14.4 Å². The fourth-order valence-electron chi connectivity index (χ4n) is 2.59. The molecule has 0 radical (unpaired) electrons. The Kier molecular flexibility index (Phi) is 7.03. The molecule has 0 heterocycles. The minimum atomic E-state index is -0.565. The van der Waals surface area contributed by atoms with Gasteiger partial charge in [0.25, 0.3) is 0 Å². The van der Waals surface area contributed by atoms with Gasteiger partial charge in [-0.1, -0.05) is 11.6 Å². The van der Waals surface area contributed by atoms with Crippen LogP contribution in [0.1, 0.15) is 43.5 Å². The average Bonchev–Trinajstić information content (AvgIpc) is 3.05. The quantitative estimate of drug-likeness (QED) is 0.735. The van der Waals surface area contributed by atoms with Gasteiger partial charge >= 0.3 is 18.0 Å². The van der Waals surface area contributed by atoms with E-state index >= 15 is 0 Å². The van der Waals surface area contributed by atoms with E-state index in [0.717, 1.165) is 6.42 Å². The number of nitrogens with one attached hydrogen (secondary N) is 2. The zero-order valence-electron chi connectivity index (χ0n) is 14.7. The number of urea groups is 1. The maximum atomic E-state index is 12.2. The van der Waals surface area contributed by atoms with Crippen LogP contribution in [0.15, 0.2) is 29.5 Å². The number of halogens is 1. The third-order valence-electron chi connectivity index (χ3n) is 3.72. The first-order valence-electron chi connectivity index (χ1n) is 8.40. The first-order valence-corrected chi connectivity index (χ1v) is 8.77. The summed E-state index contributed by atoms with van der Waals surface area (Å²) in [7, 11) is 0. The fourth-order valence-corrected chi connectivity index (χ4v) is 2.79. The maximum Gasteiger partial charge on any atom is 0.339 e. The Balaban J connectivity index is 2.08. The molecule has 0 bridgehead atoms. The van der Waals surface area contributed by atoms with Crippen molar-refractivity contribution in [2.24, 2.45) is 0 Å². The highest BCUT2D eigenvalue weighted by Gasteiger charge is 2.23. The van der Waals surface area contributed by atoms with Crippen molar-refractivity contribution in [2.75, 3.05) is 18.5 Å². The molecule has 1 aliphatic carbocycles. The predicted octanol–water partition coefficient (Wildman–Crippen LogP) is 3.64. The second kappa shape index (κ2) is 9.24. The summed E-state index contributed by atoms with van der Waals surface area (Å²) in [5.74, 6) is -0.971. The number of benzene rings is 1. The van der Waals surface area contributed by atoms with Crippen LogP contribution < -0.4 is 10.6 Å². The van der Waals surface area contributed by atoms with Crippen LogP contribution in [0.4, 0.5) is 10.5 Å². The maximum absolute atomic E-state index is 12.2. The molecular weight excluding hydrogens is 360 g/mol. The lowest BCUT2D eigenvalue weighted by molar-refractivity contribution is -0.138. The predicted molar refractivity (Wildman–Crippen MR) is 97.1 cm³/mol. The van der Waals surface area contributed by atoms with Gasteiger partial charge in [0.2, 0.25) is 0 Å². The molecule has 1 aromatic rings. The summed E-state index contributed by atoms with van der Waals surface area (Å²) in [5.41, 5.74) is 1.59. The highest BCUT2D eigenvalue weighted by Crippen LogP contribution is 2.26. The molecule has 0 aromatic heterocycles. The Morgan fingerprint density at radius 3 is 2.42 bits per heavy atom. The number of amides is 2. The fraction of sp³-hybridized carbons (Fsp3) is 0.389. The standard InChI is InChI=1S/C18H21ClN2O5/c1-3-25-16(22)12-6-5-7-15(12)21-18(24)20-11-8-9-14(19)13(10-11)17(23)26-4-2/h8-10H,3-7H2,1-2H3,(H2,20,21,24). The molecular formula is C18H21ClN2O5. The van der Waals surface area contributed by atoms with E-state index in [4.69, 9.17) is 21.1 Å². The van der Waals surface area contributed by atoms with E-state index in [-0.39, 0.29) is 23.8 Å². The molecule has 2 N–H and O–H groups in total. The van der Waals surface area contributed by atoms with Crippen molar-refractivity contribution in [2.45, 2.75) is 33.1 Å². The number of allylic oxidation sites excluding steroid dienone is 1. The van der Waals surface area contributed by atoms with Crippen LogP contribution in [0.3, 0.4) is 0 Å². The Labute approximate surface area is 156 Å². The SMILES string of the molecule is CCOC(=O)C1=C(NC(=O)Nc2ccc(Cl)c(C(=O)OCC)c2)CCC1. The Morgan fingerprint density at radius 2 is 1.73 bits per heavy atom. The first kappa shape index (κ1) is 19.8. The van der Waals surface area contributed by atoms with Gasteiger partial charge in [-0.25, -0.2) is 14.4 Å². The molecule has 2 rings (SSSR count). The van der Waals surface area contributed by atoms with Gasteiger partial charge in [0, 0.05) is 11.4 Å². The molecule has 1 aliphatic rings. The van der Waals surface area contributed by atoms with Crippen molar-refractivity contribution in [1.82, 2.24) is 5.32 Å². The molecule has 0 fully saturated rings. The molecule has 0 aliphatic heterocycles. The number of hydrogen-bond donors (Lipinski definition) is 2. The minimum absolute atomic E-state index is 0.165. The Bertz CT molecular complexity index is 745. The topological polar surface area (TPSA) is 93.7 Å². The number of anilines is 1. The van der Waals surface area contributed by atoms with Crippen LogP contribution in [0, 0.1) is 0 Å². The summed E-state index contributed by atoms with van der Waals surface area (Å²) in [5, 5.41) is 5.54. The third-order valence-corrected chi connectivity index (χ3v) is 4.05. The van der Waals surface area contributed by atoms with Crippen LogP contribution >= 0.6 is 11.6 Å². The molecule has 0 spiro atoms. The lowest BCUT2D eigenvalue weighted by Crippen LogP contribution is -2.29. The summed E-state index contributed by atoms with van der Waals surface area (Å²) >= 11 is 6.00. The lowest BCUT2D eigenvalue weighted by atomic mass is 10.2. The van der Waals surface area contributed by atoms with Crippen molar-refractivity contribution >= 4 is 35.3 Å². The van der Waals surface area contributed by atoms with Gasteiger partial charge in [0.05, 0.1) is 29.4 Å². The van der Waals surface area contributed by atoms with Gasteiger partial charge in [0.15, 0.2) is 0 Å². The van der Waals surface area contributed by atoms with E-state index in [2.05, 4.69) is 10.6 Å². The zero-order valence-corrected chi connectivity index (χ0v) is 15.4. The highest BCUT2D eigenvalue weighted by molar-refractivity contribution is 6.33. The molecule has 1 aromatic carbocycles. The number of hydrogen-bond acceptors (Lipinski definition) is 5. The largest absolute Gasteiger partial charge is 0.463 e. The molecule has 0 unspecified atom stereocenters. The van der Waals surface area contributed by atoms with Gasteiger partial charge in [-0.3, -0.25) is 0 Å². The van der Waals surface area contributed by atoms with Crippen LogP contribution in [-0.4, -0.2) is 31.2 Å². The van der Waals surface area contributed by atoms with Crippen molar-refractivity contribution in [3.63, 3.8) is 0 Å². The second-order valence-electron chi connectivity index (χ2n) is 5.53. The molecule has 8 heteroatoms. The van der Waals surface area contributed by atoms with E-state index in [1.165, 1.54) is 12.1 Å². The number of carbonyl (C=O) groups excluding carboxylic acids is 3. The lowest BCUT2D eigenvalue weighted by Gasteiger charge is -2.12. The van der Waals surface area contributed by atoms with Crippen molar-refractivity contribution in [3.8, 4) is 0 Å². The molecule has 26 heavy (non-hydrogen) atoms. The summed E-state index contributed by atoms with van der Waals surface area (Å²) in [6.45, 7) is 3.92. The molecule has 0 atom stereocenters. The molecule has 0 saturated carbocycles. The van der Waals surface area contributed by atoms with E-state index < -0.39 is 18.0 Å². The second-order valence-corrected chi connectivity index (χ2v) is 5.93. The average molecular weight is 381 g/mol.